The number of hydrogen-bond acceptors (Lipinski definition) is 3. The highest BCUT2D eigenvalue weighted by Gasteiger charge is 2.18. The first-order valence-corrected chi connectivity index (χ1v) is 8.88. The third kappa shape index (κ3) is 5.09. The van der Waals surface area contributed by atoms with Crippen molar-refractivity contribution in [2.24, 2.45) is 0 Å². The third-order valence-electron chi connectivity index (χ3n) is 3.34. The summed E-state index contributed by atoms with van der Waals surface area (Å²) < 4.78 is 5.70. The molecule has 0 saturated heterocycles. The number of carboxylic acid groups (broad SMARTS) is 1. The van der Waals surface area contributed by atoms with Gasteiger partial charge in [-0.15, -0.1) is 0 Å². The van der Waals surface area contributed by atoms with Crippen molar-refractivity contribution in [3.05, 3.63) is 45.0 Å². The zero-order valence-electron chi connectivity index (χ0n) is 14.2. The molecule has 1 aromatic carbocycles. The van der Waals surface area contributed by atoms with Crippen molar-refractivity contribution in [1.29, 1.82) is 0 Å². The van der Waals surface area contributed by atoms with E-state index in [2.05, 4.69) is 20.9 Å². The standard InChI is InChI=1S/C18H19BrClNO4/c1-18(2,3)25-13(22)7-5-4-6-10-8-11(20)9-12-14(10)15(19)16(21-12)17(23)24/h5,7-9,21H,4,6H2,1-3H3,(H,23,24)/b7-5+. The lowest BCUT2D eigenvalue weighted by Crippen LogP contribution is -2.22. The number of aromatic nitrogens is 1. The van der Waals surface area contributed by atoms with Crippen LogP contribution in [0.2, 0.25) is 5.02 Å². The van der Waals surface area contributed by atoms with Gasteiger partial charge >= 0.3 is 11.9 Å². The number of carbonyl (C=O) groups is 2. The molecule has 25 heavy (non-hydrogen) atoms. The first-order chi connectivity index (χ1) is 11.6. The molecule has 0 bridgehead atoms. The Hall–Kier alpha value is -1.79. The highest BCUT2D eigenvalue weighted by molar-refractivity contribution is 9.10. The molecular weight excluding hydrogens is 410 g/mol. The summed E-state index contributed by atoms with van der Waals surface area (Å²) in [5.41, 5.74) is 1.11. The van der Waals surface area contributed by atoms with E-state index in [1.165, 1.54) is 6.08 Å². The first-order valence-electron chi connectivity index (χ1n) is 7.71. The molecule has 0 saturated carbocycles. The van der Waals surface area contributed by atoms with Crippen molar-refractivity contribution in [2.75, 3.05) is 0 Å². The smallest absolute Gasteiger partial charge is 0.353 e. The SMILES string of the molecule is CC(C)(C)OC(=O)/C=C/CCc1cc(Cl)cc2[nH]c(C(=O)O)c(Br)c12. The van der Waals surface area contributed by atoms with E-state index in [4.69, 9.17) is 16.3 Å². The number of H-pyrrole nitrogens is 1. The number of benzene rings is 1. The van der Waals surface area contributed by atoms with E-state index in [1.54, 1.807) is 18.2 Å². The molecule has 0 fully saturated rings. The van der Waals surface area contributed by atoms with Crippen LogP contribution in [0.4, 0.5) is 0 Å². The van der Waals surface area contributed by atoms with Gasteiger partial charge in [-0.1, -0.05) is 17.7 Å². The number of allylic oxidation sites excluding steroid dienone is 1. The maximum Gasteiger partial charge on any atom is 0.353 e. The van der Waals surface area contributed by atoms with Crippen LogP contribution in [-0.4, -0.2) is 27.6 Å². The van der Waals surface area contributed by atoms with Crippen molar-refractivity contribution < 1.29 is 19.4 Å². The van der Waals surface area contributed by atoms with Gasteiger partial charge in [0.15, 0.2) is 0 Å². The fourth-order valence-corrected chi connectivity index (χ4v) is 3.41. The van der Waals surface area contributed by atoms with Gasteiger partial charge in [0.05, 0.1) is 4.47 Å². The third-order valence-corrected chi connectivity index (χ3v) is 4.35. The van der Waals surface area contributed by atoms with Crippen LogP contribution in [0.1, 0.15) is 43.2 Å². The number of rotatable bonds is 5. The summed E-state index contributed by atoms with van der Waals surface area (Å²) in [4.78, 5) is 25.8. The van der Waals surface area contributed by atoms with Gasteiger partial charge in [-0.05, 0) is 67.2 Å². The zero-order valence-corrected chi connectivity index (χ0v) is 16.5. The van der Waals surface area contributed by atoms with Crippen molar-refractivity contribution in [1.82, 2.24) is 4.98 Å². The average molecular weight is 429 g/mol. The molecular formula is C18H19BrClNO4. The van der Waals surface area contributed by atoms with Crippen molar-refractivity contribution in [3.8, 4) is 0 Å². The molecule has 0 spiro atoms. The summed E-state index contributed by atoms with van der Waals surface area (Å²) in [7, 11) is 0. The fourth-order valence-electron chi connectivity index (χ4n) is 2.43. The minimum absolute atomic E-state index is 0.0859. The van der Waals surface area contributed by atoms with Crippen LogP contribution in [0, 0.1) is 0 Å². The molecule has 2 rings (SSSR count). The van der Waals surface area contributed by atoms with Crippen molar-refractivity contribution in [3.63, 3.8) is 0 Å². The summed E-state index contributed by atoms with van der Waals surface area (Å²) in [5.74, 6) is -1.44. The molecule has 1 aromatic heterocycles. The van der Waals surface area contributed by atoms with E-state index in [-0.39, 0.29) is 11.7 Å². The molecule has 0 aliphatic heterocycles. The number of aromatic amines is 1. The van der Waals surface area contributed by atoms with Crippen LogP contribution >= 0.6 is 27.5 Å². The Labute approximate surface area is 159 Å². The van der Waals surface area contributed by atoms with Crippen molar-refractivity contribution in [2.45, 2.75) is 39.2 Å². The van der Waals surface area contributed by atoms with Crippen LogP contribution in [0.15, 0.2) is 28.8 Å². The summed E-state index contributed by atoms with van der Waals surface area (Å²) in [6.07, 6.45) is 4.34. The molecule has 0 unspecified atom stereocenters. The summed E-state index contributed by atoms with van der Waals surface area (Å²) in [5, 5.41) is 10.5. The summed E-state index contributed by atoms with van der Waals surface area (Å²) >= 11 is 9.47. The van der Waals surface area contributed by atoms with E-state index < -0.39 is 11.6 Å². The molecule has 7 heteroatoms. The van der Waals surface area contributed by atoms with Crippen LogP contribution < -0.4 is 0 Å². The Bertz CT molecular complexity index is 849. The van der Waals surface area contributed by atoms with E-state index in [9.17, 15) is 14.7 Å². The average Bonchev–Trinajstić information content (AvgIpc) is 2.78. The Morgan fingerprint density at radius 2 is 2.04 bits per heavy atom. The minimum Gasteiger partial charge on any atom is -0.477 e. The number of halogens is 2. The Balaban J connectivity index is 2.18. The number of aromatic carboxylic acids is 1. The number of nitrogens with one attached hydrogen (secondary N) is 1. The highest BCUT2D eigenvalue weighted by Crippen LogP contribution is 2.33. The number of hydrogen-bond donors (Lipinski definition) is 2. The number of carbonyl (C=O) groups excluding carboxylic acids is 1. The molecule has 5 nitrogen and oxygen atoms in total. The summed E-state index contributed by atoms with van der Waals surface area (Å²) in [6, 6.07) is 3.49. The zero-order chi connectivity index (χ0) is 18.8. The summed E-state index contributed by atoms with van der Waals surface area (Å²) in [6.45, 7) is 5.43. The Morgan fingerprint density at radius 1 is 1.36 bits per heavy atom. The van der Waals surface area contributed by atoms with E-state index in [0.29, 0.717) is 27.9 Å². The quantitative estimate of drug-likeness (QED) is 0.512. The maximum atomic E-state index is 11.7. The number of fused-ring (bicyclic) bond motifs is 1. The first kappa shape index (κ1) is 19.5. The largest absolute Gasteiger partial charge is 0.477 e. The number of esters is 1. The van der Waals surface area contributed by atoms with Gasteiger partial charge in [0.2, 0.25) is 0 Å². The normalized spacial score (nSPS) is 12.0. The number of aryl methyl sites for hydroxylation is 1. The predicted octanol–water partition coefficient (Wildman–Crippen LogP) is 5.11. The highest BCUT2D eigenvalue weighted by atomic mass is 79.9. The van der Waals surface area contributed by atoms with E-state index >= 15 is 0 Å². The monoisotopic (exact) mass is 427 g/mol. The topological polar surface area (TPSA) is 79.4 Å². The molecule has 0 radical (unpaired) electrons. The minimum atomic E-state index is -1.05. The molecule has 2 N–H and O–H groups in total. The van der Waals surface area contributed by atoms with Gasteiger partial charge in [0, 0.05) is 22.0 Å². The molecule has 2 aromatic rings. The second-order valence-electron chi connectivity index (χ2n) is 6.58. The van der Waals surface area contributed by atoms with Crippen molar-refractivity contribution >= 4 is 50.4 Å². The maximum absolute atomic E-state index is 11.7. The van der Waals surface area contributed by atoms with Crippen LogP contribution in [0.3, 0.4) is 0 Å². The molecule has 0 atom stereocenters. The van der Waals surface area contributed by atoms with Gasteiger partial charge in [-0.3, -0.25) is 0 Å². The number of carboxylic acids is 1. The lowest BCUT2D eigenvalue weighted by molar-refractivity contribution is -0.148. The van der Waals surface area contributed by atoms with Crippen LogP contribution in [0.5, 0.6) is 0 Å². The molecule has 0 aliphatic carbocycles. The van der Waals surface area contributed by atoms with Crippen LogP contribution in [0.25, 0.3) is 10.9 Å². The van der Waals surface area contributed by atoms with Crippen LogP contribution in [-0.2, 0) is 16.0 Å². The Morgan fingerprint density at radius 3 is 2.64 bits per heavy atom. The molecule has 134 valence electrons. The second kappa shape index (κ2) is 7.62. The fraction of sp³-hybridized carbons (Fsp3) is 0.333. The molecule has 0 amide bonds. The number of ether oxygens (including phenoxy) is 1. The lowest BCUT2D eigenvalue weighted by atomic mass is 10.0. The van der Waals surface area contributed by atoms with Gasteiger partial charge in [-0.2, -0.15) is 0 Å². The molecule has 1 heterocycles. The van der Waals surface area contributed by atoms with Gasteiger partial charge in [0.25, 0.3) is 0 Å². The van der Waals surface area contributed by atoms with E-state index in [0.717, 1.165) is 10.9 Å². The molecule has 0 aliphatic rings. The predicted molar refractivity (Wildman–Crippen MR) is 101 cm³/mol. The Kier molecular flexibility index (Phi) is 5.95. The van der Waals surface area contributed by atoms with E-state index in [1.807, 2.05) is 20.8 Å². The lowest BCUT2D eigenvalue weighted by Gasteiger charge is -2.17. The van der Waals surface area contributed by atoms with Gasteiger partial charge in [0.1, 0.15) is 11.3 Å². The second-order valence-corrected chi connectivity index (χ2v) is 7.81. The van der Waals surface area contributed by atoms with Gasteiger partial charge < -0.3 is 14.8 Å². The van der Waals surface area contributed by atoms with Gasteiger partial charge in [-0.25, -0.2) is 9.59 Å².